The van der Waals surface area contributed by atoms with Crippen LogP contribution in [-0.2, 0) is 11.2 Å². The summed E-state index contributed by atoms with van der Waals surface area (Å²) in [4.78, 5) is 1.14. The van der Waals surface area contributed by atoms with Crippen molar-refractivity contribution in [3.8, 4) is 0 Å². The minimum Gasteiger partial charge on any atom is -0.377 e. The number of aromatic nitrogens is 2. The van der Waals surface area contributed by atoms with Gasteiger partial charge in [-0.15, -0.1) is 5.10 Å². The van der Waals surface area contributed by atoms with E-state index in [1.165, 1.54) is 11.5 Å². The van der Waals surface area contributed by atoms with Crippen LogP contribution in [0.25, 0.3) is 0 Å². The van der Waals surface area contributed by atoms with Crippen LogP contribution in [0.4, 0.5) is 0 Å². The van der Waals surface area contributed by atoms with Gasteiger partial charge in [-0.25, -0.2) is 0 Å². The Labute approximate surface area is 81.3 Å². The van der Waals surface area contributed by atoms with Crippen LogP contribution < -0.4 is 5.73 Å². The van der Waals surface area contributed by atoms with E-state index in [2.05, 4.69) is 9.59 Å². The summed E-state index contributed by atoms with van der Waals surface area (Å²) >= 11 is 1.41. The van der Waals surface area contributed by atoms with Gasteiger partial charge in [0, 0.05) is 23.4 Å². The highest BCUT2D eigenvalue weighted by Crippen LogP contribution is 2.27. The Kier molecular flexibility index (Phi) is 2.31. The summed E-state index contributed by atoms with van der Waals surface area (Å²) in [5.41, 5.74) is 6.01. The Bertz CT molecular complexity index is 277. The quantitative estimate of drug-likeness (QED) is 0.757. The fourth-order valence-electron chi connectivity index (χ4n) is 1.62. The predicted octanol–water partition coefficient (Wildman–Crippen LogP) is 0.587. The normalized spacial score (nSPS) is 33.8. The second-order valence-electron chi connectivity index (χ2n) is 3.56. The number of hydrogen-bond acceptors (Lipinski definition) is 5. The zero-order chi connectivity index (χ0) is 9.31. The maximum Gasteiger partial charge on any atom is 0.0730 e. The molecule has 0 aliphatic carbocycles. The summed E-state index contributed by atoms with van der Waals surface area (Å²) < 4.78 is 9.27. The molecule has 0 radical (unpaired) electrons. The summed E-state index contributed by atoms with van der Waals surface area (Å²) in [6, 6.07) is 0. The topological polar surface area (TPSA) is 61.0 Å². The Balaban J connectivity index is 2.08. The largest absolute Gasteiger partial charge is 0.377 e. The molecule has 0 saturated carbocycles. The second kappa shape index (κ2) is 3.32. The van der Waals surface area contributed by atoms with Crippen molar-refractivity contribution in [3.05, 3.63) is 11.1 Å². The summed E-state index contributed by atoms with van der Waals surface area (Å²) in [5.74, 6) is 0. The van der Waals surface area contributed by atoms with Crippen molar-refractivity contribution in [1.29, 1.82) is 0 Å². The number of ether oxygens (including phenoxy) is 1. The lowest BCUT2D eigenvalue weighted by Crippen LogP contribution is -2.47. The predicted molar refractivity (Wildman–Crippen MR) is 50.6 cm³/mol. The van der Waals surface area contributed by atoms with E-state index in [0.29, 0.717) is 0 Å². The molecule has 0 spiro atoms. The molecule has 1 saturated heterocycles. The van der Waals surface area contributed by atoms with E-state index in [1.807, 2.05) is 6.92 Å². The van der Waals surface area contributed by atoms with Gasteiger partial charge in [0.2, 0.25) is 0 Å². The van der Waals surface area contributed by atoms with E-state index in [9.17, 15) is 0 Å². The summed E-state index contributed by atoms with van der Waals surface area (Å²) in [7, 11) is 0. The van der Waals surface area contributed by atoms with Gasteiger partial charge in [-0.2, -0.15) is 0 Å². The van der Waals surface area contributed by atoms with Crippen LogP contribution in [0.5, 0.6) is 0 Å². The van der Waals surface area contributed by atoms with Crippen molar-refractivity contribution in [2.75, 3.05) is 6.61 Å². The van der Waals surface area contributed by atoms with Gasteiger partial charge in [0.1, 0.15) is 0 Å². The fraction of sp³-hybridized carbons (Fsp3) is 0.750. The molecule has 0 bridgehead atoms. The molecule has 2 rings (SSSR count). The molecule has 13 heavy (non-hydrogen) atoms. The van der Waals surface area contributed by atoms with Gasteiger partial charge in [0.25, 0.3) is 0 Å². The third kappa shape index (κ3) is 1.72. The van der Waals surface area contributed by atoms with E-state index >= 15 is 0 Å². The Morgan fingerprint density at radius 2 is 2.69 bits per heavy atom. The van der Waals surface area contributed by atoms with Crippen LogP contribution >= 0.6 is 11.5 Å². The van der Waals surface area contributed by atoms with Crippen LogP contribution in [0.3, 0.4) is 0 Å². The third-order valence-corrected chi connectivity index (χ3v) is 3.32. The number of nitrogens with two attached hydrogens (primary N) is 1. The SMILES string of the molecule is CC1OCCC1(N)Cc1cnns1. The van der Waals surface area contributed by atoms with Crippen molar-refractivity contribution in [2.24, 2.45) is 5.73 Å². The van der Waals surface area contributed by atoms with E-state index in [4.69, 9.17) is 10.5 Å². The maximum absolute atomic E-state index is 6.22. The van der Waals surface area contributed by atoms with Crippen LogP contribution in [0.15, 0.2) is 6.20 Å². The summed E-state index contributed by atoms with van der Waals surface area (Å²) in [5, 5.41) is 3.79. The molecule has 72 valence electrons. The Hall–Kier alpha value is -0.520. The van der Waals surface area contributed by atoms with E-state index < -0.39 is 0 Å². The molecule has 1 aliphatic rings. The van der Waals surface area contributed by atoms with Crippen LogP contribution in [0.1, 0.15) is 18.2 Å². The fourth-order valence-corrected chi connectivity index (χ4v) is 2.24. The first-order valence-electron chi connectivity index (χ1n) is 4.37. The van der Waals surface area contributed by atoms with Gasteiger partial charge in [-0.05, 0) is 24.9 Å². The highest BCUT2D eigenvalue weighted by atomic mass is 32.1. The Morgan fingerprint density at radius 3 is 3.23 bits per heavy atom. The Morgan fingerprint density at radius 1 is 1.85 bits per heavy atom. The number of rotatable bonds is 2. The van der Waals surface area contributed by atoms with Gasteiger partial charge in [-0.1, -0.05) is 4.49 Å². The van der Waals surface area contributed by atoms with Gasteiger partial charge in [0.15, 0.2) is 0 Å². The highest BCUT2D eigenvalue weighted by molar-refractivity contribution is 7.05. The molecule has 2 atom stereocenters. The minimum absolute atomic E-state index is 0.134. The van der Waals surface area contributed by atoms with E-state index in [0.717, 1.165) is 24.3 Å². The molecule has 0 amide bonds. The van der Waals surface area contributed by atoms with E-state index in [-0.39, 0.29) is 11.6 Å². The molecule has 1 aromatic rings. The zero-order valence-electron chi connectivity index (χ0n) is 7.56. The summed E-state index contributed by atoms with van der Waals surface area (Å²) in [6.07, 6.45) is 3.66. The number of nitrogens with zero attached hydrogens (tertiary/aromatic N) is 2. The number of hydrogen-bond donors (Lipinski definition) is 1. The van der Waals surface area contributed by atoms with Crippen LogP contribution in [0.2, 0.25) is 0 Å². The van der Waals surface area contributed by atoms with Crippen molar-refractivity contribution in [3.63, 3.8) is 0 Å². The maximum atomic E-state index is 6.22. The molecule has 2 N–H and O–H groups in total. The van der Waals surface area contributed by atoms with Crippen molar-refractivity contribution in [2.45, 2.75) is 31.4 Å². The van der Waals surface area contributed by atoms with Gasteiger partial charge >= 0.3 is 0 Å². The second-order valence-corrected chi connectivity index (χ2v) is 4.43. The van der Waals surface area contributed by atoms with Crippen molar-refractivity contribution in [1.82, 2.24) is 9.59 Å². The van der Waals surface area contributed by atoms with Crippen molar-refractivity contribution < 1.29 is 4.74 Å². The average Bonchev–Trinajstić information content (AvgIpc) is 2.65. The van der Waals surface area contributed by atoms with Gasteiger partial charge in [-0.3, -0.25) is 0 Å². The first kappa shape index (κ1) is 9.05. The first-order valence-corrected chi connectivity index (χ1v) is 5.15. The van der Waals surface area contributed by atoms with Gasteiger partial charge < -0.3 is 10.5 Å². The monoisotopic (exact) mass is 199 g/mol. The molecule has 5 heteroatoms. The highest BCUT2D eigenvalue weighted by Gasteiger charge is 2.38. The zero-order valence-corrected chi connectivity index (χ0v) is 8.38. The van der Waals surface area contributed by atoms with Crippen LogP contribution in [-0.4, -0.2) is 27.8 Å². The lowest BCUT2D eigenvalue weighted by atomic mass is 9.89. The first-order chi connectivity index (χ1) is 6.21. The molecule has 0 aromatic carbocycles. The van der Waals surface area contributed by atoms with Gasteiger partial charge in [0.05, 0.1) is 12.3 Å². The average molecular weight is 199 g/mol. The molecular formula is C8H13N3OS. The molecular weight excluding hydrogens is 186 g/mol. The molecule has 2 unspecified atom stereocenters. The summed E-state index contributed by atoms with van der Waals surface area (Å²) in [6.45, 7) is 2.80. The molecule has 1 aliphatic heterocycles. The smallest absolute Gasteiger partial charge is 0.0730 e. The minimum atomic E-state index is -0.214. The molecule has 4 nitrogen and oxygen atoms in total. The lowest BCUT2D eigenvalue weighted by Gasteiger charge is -2.26. The molecule has 2 heterocycles. The van der Waals surface area contributed by atoms with Crippen LogP contribution in [0, 0.1) is 0 Å². The lowest BCUT2D eigenvalue weighted by molar-refractivity contribution is 0.0957. The van der Waals surface area contributed by atoms with E-state index in [1.54, 1.807) is 6.20 Å². The standard InChI is InChI=1S/C8H13N3OS/c1-6-8(9,2-3-12-6)4-7-5-10-11-13-7/h5-6H,2-4,9H2,1H3. The van der Waals surface area contributed by atoms with Crippen molar-refractivity contribution >= 4 is 11.5 Å². The third-order valence-electron chi connectivity index (χ3n) is 2.66. The molecule has 1 fully saturated rings. The molecule has 1 aromatic heterocycles.